The summed E-state index contributed by atoms with van der Waals surface area (Å²) >= 11 is 0. The first-order valence-electron chi connectivity index (χ1n) is 9.13. The van der Waals surface area contributed by atoms with Crippen LogP contribution in [0.4, 0.5) is 0 Å². The van der Waals surface area contributed by atoms with Crippen LogP contribution in [-0.4, -0.2) is 22.9 Å². The number of allylic oxidation sites excluding steroid dienone is 3. The van der Waals surface area contributed by atoms with Gasteiger partial charge >= 0.3 is 7.12 Å². The van der Waals surface area contributed by atoms with Gasteiger partial charge in [-0.2, -0.15) is 0 Å². The van der Waals surface area contributed by atoms with Crippen LogP contribution < -0.4 is 0 Å². The molecule has 1 aromatic heterocycles. The van der Waals surface area contributed by atoms with Gasteiger partial charge in [0.2, 0.25) is 0 Å². The number of hydrogen-bond donors (Lipinski definition) is 0. The lowest BCUT2D eigenvalue weighted by atomic mass is 9.82. The van der Waals surface area contributed by atoms with Crippen molar-refractivity contribution in [1.29, 1.82) is 0 Å². The minimum absolute atomic E-state index is 0.278. The van der Waals surface area contributed by atoms with Crippen LogP contribution in [0.15, 0.2) is 36.0 Å². The predicted molar refractivity (Wildman–Crippen MR) is 101 cm³/mol. The number of aromatic nitrogens is 1. The molecule has 0 unspecified atom stereocenters. The SMILES string of the molecule is CC(C)C(/C=C1/CCCn2cccc21)=C\B1OC(C)(C)C(C)(C)O1. The highest BCUT2D eigenvalue weighted by atomic mass is 16.7. The largest absolute Gasteiger partial charge is 0.487 e. The lowest BCUT2D eigenvalue weighted by Gasteiger charge is -2.32. The summed E-state index contributed by atoms with van der Waals surface area (Å²) < 4.78 is 14.7. The summed E-state index contributed by atoms with van der Waals surface area (Å²) in [4.78, 5) is 0. The van der Waals surface area contributed by atoms with Crippen LogP contribution in [-0.2, 0) is 15.9 Å². The standard InChI is InChI=1S/C20H30BNO2/c1-15(2)17(14-21-23-19(3,4)20(5,6)24-21)13-16-9-7-11-22-12-8-10-18(16)22/h8,10,12-15H,7,9,11H2,1-6H3/b16-13-,17-14-. The normalized spacial score (nSPS) is 24.7. The van der Waals surface area contributed by atoms with Crippen LogP contribution in [0.5, 0.6) is 0 Å². The molecule has 0 aliphatic carbocycles. The number of nitrogens with zero attached hydrogens (tertiary/aromatic N) is 1. The van der Waals surface area contributed by atoms with E-state index in [4.69, 9.17) is 9.31 Å². The van der Waals surface area contributed by atoms with E-state index in [0.717, 1.165) is 13.0 Å². The highest BCUT2D eigenvalue weighted by Crippen LogP contribution is 2.38. The molecule has 0 atom stereocenters. The van der Waals surface area contributed by atoms with Gasteiger partial charge in [-0.25, -0.2) is 0 Å². The Morgan fingerprint density at radius 2 is 1.88 bits per heavy atom. The Hall–Kier alpha value is -1.26. The Bertz CT molecular complexity index is 651. The molecule has 0 bridgehead atoms. The number of aryl methyl sites for hydroxylation is 1. The van der Waals surface area contributed by atoms with E-state index < -0.39 is 0 Å². The Morgan fingerprint density at radius 1 is 1.21 bits per heavy atom. The monoisotopic (exact) mass is 327 g/mol. The van der Waals surface area contributed by atoms with E-state index in [-0.39, 0.29) is 18.3 Å². The van der Waals surface area contributed by atoms with Crippen LogP contribution >= 0.6 is 0 Å². The molecule has 0 amide bonds. The quantitative estimate of drug-likeness (QED) is 0.739. The summed E-state index contributed by atoms with van der Waals surface area (Å²) in [5.74, 6) is 2.60. The highest BCUT2D eigenvalue weighted by Gasteiger charge is 2.50. The van der Waals surface area contributed by atoms with Crippen LogP contribution in [0.3, 0.4) is 0 Å². The molecule has 3 heterocycles. The second-order valence-electron chi connectivity index (χ2n) is 8.31. The zero-order valence-electron chi connectivity index (χ0n) is 15.9. The van der Waals surface area contributed by atoms with Gasteiger partial charge in [0.05, 0.1) is 11.2 Å². The van der Waals surface area contributed by atoms with E-state index >= 15 is 0 Å². The maximum absolute atomic E-state index is 6.16. The van der Waals surface area contributed by atoms with Crippen LogP contribution in [0, 0.1) is 5.92 Å². The van der Waals surface area contributed by atoms with E-state index in [1.165, 1.54) is 23.3 Å². The summed E-state index contributed by atoms with van der Waals surface area (Å²) in [6.07, 6.45) is 6.86. The van der Waals surface area contributed by atoms with Crippen LogP contribution in [0.25, 0.3) is 5.57 Å². The zero-order valence-corrected chi connectivity index (χ0v) is 15.9. The Kier molecular flexibility index (Phi) is 4.56. The topological polar surface area (TPSA) is 23.4 Å². The molecule has 2 aliphatic heterocycles. The molecule has 0 radical (unpaired) electrons. The summed E-state index contributed by atoms with van der Waals surface area (Å²) in [6.45, 7) is 14.0. The van der Waals surface area contributed by atoms with Crippen molar-refractivity contribution in [3.8, 4) is 0 Å². The molecule has 0 spiro atoms. The van der Waals surface area contributed by atoms with Gasteiger partial charge in [0, 0.05) is 18.4 Å². The van der Waals surface area contributed by atoms with Gasteiger partial charge in [-0.3, -0.25) is 0 Å². The van der Waals surface area contributed by atoms with Crippen molar-refractivity contribution in [2.24, 2.45) is 5.92 Å². The first-order valence-corrected chi connectivity index (χ1v) is 9.13. The van der Waals surface area contributed by atoms with E-state index in [0.29, 0.717) is 5.92 Å². The minimum atomic E-state index is -0.289. The van der Waals surface area contributed by atoms with Gasteiger partial charge in [0.25, 0.3) is 0 Å². The van der Waals surface area contributed by atoms with Crippen molar-refractivity contribution in [2.45, 2.75) is 72.1 Å². The maximum Gasteiger partial charge on any atom is 0.487 e. The molecule has 130 valence electrons. The first kappa shape index (κ1) is 17.6. The lowest BCUT2D eigenvalue weighted by Crippen LogP contribution is -2.41. The molecule has 1 aromatic rings. The van der Waals surface area contributed by atoms with Gasteiger partial charge in [0.15, 0.2) is 0 Å². The Labute approximate surface area is 146 Å². The number of rotatable bonds is 3. The molecule has 24 heavy (non-hydrogen) atoms. The lowest BCUT2D eigenvalue weighted by molar-refractivity contribution is 0.00578. The first-order chi connectivity index (χ1) is 11.2. The molecule has 4 heteroatoms. The smallest absolute Gasteiger partial charge is 0.400 e. The summed E-state index contributed by atoms with van der Waals surface area (Å²) in [5.41, 5.74) is 3.48. The van der Waals surface area contributed by atoms with Crippen molar-refractivity contribution in [3.63, 3.8) is 0 Å². The molecule has 3 rings (SSSR count). The molecular formula is C20H30BNO2. The number of fused-ring (bicyclic) bond motifs is 1. The second kappa shape index (κ2) is 6.23. The summed E-state index contributed by atoms with van der Waals surface area (Å²) in [6, 6.07) is 4.36. The zero-order chi connectivity index (χ0) is 17.5. The van der Waals surface area contributed by atoms with Crippen molar-refractivity contribution in [1.82, 2.24) is 4.57 Å². The molecule has 1 saturated heterocycles. The molecule has 3 nitrogen and oxygen atoms in total. The molecule has 2 aliphatic rings. The van der Waals surface area contributed by atoms with Gasteiger partial charge in [0.1, 0.15) is 0 Å². The third-order valence-corrected chi connectivity index (χ3v) is 5.61. The summed E-state index contributed by atoms with van der Waals surface area (Å²) in [7, 11) is -0.278. The van der Waals surface area contributed by atoms with E-state index in [1.807, 2.05) is 0 Å². The third kappa shape index (κ3) is 3.27. The highest BCUT2D eigenvalue weighted by molar-refractivity contribution is 6.52. The van der Waals surface area contributed by atoms with E-state index in [1.54, 1.807) is 0 Å². The maximum atomic E-state index is 6.16. The van der Waals surface area contributed by atoms with Crippen molar-refractivity contribution in [2.75, 3.05) is 0 Å². The fourth-order valence-electron chi connectivity index (χ4n) is 3.34. The Balaban J connectivity index is 1.89. The molecule has 0 saturated carbocycles. The fourth-order valence-corrected chi connectivity index (χ4v) is 3.34. The predicted octanol–water partition coefficient (Wildman–Crippen LogP) is 4.88. The van der Waals surface area contributed by atoms with Crippen LogP contribution in [0.1, 0.15) is 60.1 Å². The summed E-state index contributed by atoms with van der Waals surface area (Å²) in [5, 5.41) is 0. The van der Waals surface area contributed by atoms with Crippen molar-refractivity contribution in [3.05, 3.63) is 41.6 Å². The van der Waals surface area contributed by atoms with Gasteiger partial charge in [-0.05, 0) is 64.2 Å². The van der Waals surface area contributed by atoms with Crippen molar-refractivity contribution < 1.29 is 9.31 Å². The molecular weight excluding hydrogens is 297 g/mol. The second-order valence-corrected chi connectivity index (χ2v) is 8.31. The van der Waals surface area contributed by atoms with E-state index in [9.17, 15) is 0 Å². The van der Waals surface area contributed by atoms with Crippen molar-refractivity contribution >= 4 is 12.7 Å². The third-order valence-electron chi connectivity index (χ3n) is 5.61. The van der Waals surface area contributed by atoms with Gasteiger partial charge in [-0.1, -0.05) is 31.5 Å². The average Bonchev–Trinajstić information content (AvgIpc) is 3.01. The van der Waals surface area contributed by atoms with Crippen LogP contribution in [0.2, 0.25) is 0 Å². The molecule has 0 N–H and O–H groups in total. The minimum Gasteiger partial charge on any atom is -0.400 e. The van der Waals surface area contributed by atoms with Gasteiger partial charge < -0.3 is 13.9 Å². The molecule has 0 aromatic carbocycles. The van der Waals surface area contributed by atoms with Gasteiger partial charge in [-0.15, -0.1) is 0 Å². The molecule has 1 fully saturated rings. The fraction of sp³-hybridized carbons (Fsp3) is 0.600. The Morgan fingerprint density at radius 3 is 2.50 bits per heavy atom. The average molecular weight is 327 g/mol. The van der Waals surface area contributed by atoms with E-state index in [2.05, 4.69) is 76.5 Å². The number of hydrogen-bond acceptors (Lipinski definition) is 2.